The minimum Gasteiger partial charge on any atom is -0.357 e. The molecule has 1 aromatic heterocycles. The lowest BCUT2D eigenvalue weighted by molar-refractivity contribution is -0.121. The van der Waals surface area contributed by atoms with E-state index in [0.717, 1.165) is 27.9 Å². The normalized spacial score (nSPS) is 13.0. The second-order valence-corrected chi connectivity index (χ2v) is 8.13. The summed E-state index contributed by atoms with van der Waals surface area (Å²) >= 11 is 2.87. The second-order valence-electron chi connectivity index (χ2n) is 5.56. The summed E-state index contributed by atoms with van der Waals surface area (Å²) in [5.41, 5.74) is 1.14. The molecule has 0 unspecified atom stereocenters. The van der Waals surface area contributed by atoms with Crippen LogP contribution in [0.4, 0.5) is 5.13 Å². The van der Waals surface area contributed by atoms with E-state index in [1.54, 1.807) is 6.08 Å². The Kier molecular flexibility index (Phi) is 7.94. The smallest absolute Gasteiger partial charge is 0.233 e. The van der Waals surface area contributed by atoms with Gasteiger partial charge in [-0.05, 0) is 18.9 Å². The van der Waals surface area contributed by atoms with Crippen LogP contribution < -0.4 is 10.6 Å². The molecule has 0 aliphatic rings. The number of carbonyl (C=O) groups is 1. The SMILES string of the molecule is C=CCNc1nnc(S[C@H](C)C(=O)N[C@H](CCC)c2ccccc2)s1. The summed E-state index contributed by atoms with van der Waals surface area (Å²) in [4.78, 5) is 12.6. The zero-order chi connectivity index (χ0) is 18.1. The molecule has 1 aromatic carbocycles. The summed E-state index contributed by atoms with van der Waals surface area (Å²) in [6.45, 7) is 8.32. The number of nitrogens with one attached hydrogen (secondary N) is 2. The van der Waals surface area contributed by atoms with Crippen molar-refractivity contribution in [1.29, 1.82) is 0 Å². The summed E-state index contributed by atoms with van der Waals surface area (Å²) in [7, 11) is 0. The molecule has 2 rings (SSSR count). The predicted octanol–water partition coefficient (Wildman–Crippen LogP) is 4.27. The zero-order valence-electron chi connectivity index (χ0n) is 14.6. The number of carbonyl (C=O) groups excluding carboxylic acids is 1. The molecule has 0 fully saturated rings. The van der Waals surface area contributed by atoms with Crippen LogP contribution in [0.25, 0.3) is 0 Å². The van der Waals surface area contributed by atoms with E-state index in [0.29, 0.717) is 6.54 Å². The van der Waals surface area contributed by atoms with Crippen LogP contribution in [0.3, 0.4) is 0 Å². The van der Waals surface area contributed by atoms with Crippen molar-refractivity contribution < 1.29 is 4.79 Å². The molecule has 1 amide bonds. The Morgan fingerprint density at radius 1 is 1.36 bits per heavy atom. The van der Waals surface area contributed by atoms with Gasteiger partial charge in [0.15, 0.2) is 4.34 Å². The molecule has 5 nitrogen and oxygen atoms in total. The summed E-state index contributed by atoms with van der Waals surface area (Å²) in [5.74, 6) is 0.0168. The van der Waals surface area contributed by atoms with Crippen molar-refractivity contribution in [2.45, 2.75) is 42.3 Å². The topological polar surface area (TPSA) is 66.9 Å². The number of amides is 1. The van der Waals surface area contributed by atoms with Crippen LogP contribution in [0, 0.1) is 0 Å². The fourth-order valence-corrected chi connectivity index (χ4v) is 4.19. The standard InChI is InChI=1S/C18H24N4OS2/c1-4-9-15(14-10-7-6-8-11-14)20-16(23)13(3)24-18-22-21-17(25-18)19-12-5-2/h5-8,10-11,13,15H,2,4,9,12H2,1,3H3,(H,19,21)(H,20,23)/t13-,15-/m1/s1. The number of anilines is 1. The highest BCUT2D eigenvalue weighted by atomic mass is 32.2. The molecule has 2 N–H and O–H groups in total. The Hall–Kier alpha value is -1.86. The van der Waals surface area contributed by atoms with Gasteiger partial charge in [0.2, 0.25) is 11.0 Å². The minimum absolute atomic E-state index is 0.0168. The van der Waals surface area contributed by atoms with Gasteiger partial charge in [0, 0.05) is 6.54 Å². The van der Waals surface area contributed by atoms with Crippen LogP contribution in [0.2, 0.25) is 0 Å². The molecule has 1 heterocycles. The molecule has 2 atom stereocenters. The van der Waals surface area contributed by atoms with Crippen LogP contribution >= 0.6 is 23.1 Å². The summed E-state index contributed by atoms with van der Waals surface area (Å²) in [6, 6.07) is 10.1. The number of benzene rings is 1. The lowest BCUT2D eigenvalue weighted by Crippen LogP contribution is -2.34. The maximum absolute atomic E-state index is 12.6. The summed E-state index contributed by atoms with van der Waals surface area (Å²) < 4.78 is 0.779. The van der Waals surface area contributed by atoms with Crippen molar-refractivity contribution in [2.24, 2.45) is 0 Å². The second kappa shape index (κ2) is 10.2. The van der Waals surface area contributed by atoms with E-state index in [4.69, 9.17) is 0 Å². The third-order valence-corrected chi connectivity index (χ3v) is 5.61. The maximum Gasteiger partial charge on any atom is 0.233 e. The van der Waals surface area contributed by atoms with Gasteiger partial charge < -0.3 is 10.6 Å². The molecule has 7 heteroatoms. The first kappa shape index (κ1) is 19.5. The Bertz CT molecular complexity index is 675. The molecular formula is C18H24N4OS2. The number of rotatable bonds is 10. The lowest BCUT2D eigenvalue weighted by atomic mass is 10.0. The minimum atomic E-state index is -0.233. The molecule has 0 saturated heterocycles. The third kappa shape index (κ3) is 6.17. The predicted molar refractivity (Wildman–Crippen MR) is 106 cm³/mol. The molecule has 134 valence electrons. The largest absolute Gasteiger partial charge is 0.357 e. The van der Waals surface area contributed by atoms with E-state index in [-0.39, 0.29) is 17.2 Å². The van der Waals surface area contributed by atoms with Crippen molar-refractivity contribution in [3.05, 3.63) is 48.6 Å². The van der Waals surface area contributed by atoms with E-state index in [1.165, 1.54) is 23.1 Å². The van der Waals surface area contributed by atoms with Gasteiger partial charge in [-0.2, -0.15) is 0 Å². The van der Waals surface area contributed by atoms with Gasteiger partial charge in [-0.3, -0.25) is 4.79 Å². The Balaban J connectivity index is 1.93. The highest BCUT2D eigenvalue weighted by molar-refractivity contribution is 8.02. The molecule has 0 radical (unpaired) electrons. The highest BCUT2D eigenvalue weighted by Gasteiger charge is 2.21. The van der Waals surface area contributed by atoms with Crippen molar-refractivity contribution in [2.75, 3.05) is 11.9 Å². The van der Waals surface area contributed by atoms with E-state index < -0.39 is 0 Å². The first-order valence-electron chi connectivity index (χ1n) is 8.34. The molecule has 2 aromatic rings. The monoisotopic (exact) mass is 376 g/mol. The van der Waals surface area contributed by atoms with Gasteiger partial charge >= 0.3 is 0 Å². The Morgan fingerprint density at radius 3 is 2.80 bits per heavy atom. The van der Waals surface area contributed by atoms with Crippen molar-refractivity contribution in [3.63, 3.8) is 0 Å². The number of nitrogens with zero attached hydrogens (tertiary/aromatic N) is 2. The average molecular weight is 377 g/mol. The number of aromatic nitrogens is 2. The quantitative estimate of drug-likeness (QED) is 0.479. The van der Waals surface area contributed by atoms with Crippen LogP contribution in [-0.4, -0.2) is 27.9 Å². The highest BCUT2D eigenvalue weighted by Crippen LogP contribution is 2.29. The molecular weight excluding hydrogens is 352 g/mol. The van der Waals surface area contributed by atoms with E-state index in [9.17, 15) is 4.79 Å². The molecule has 0 saturated carbocycles. The molecule has 0 aliphatic carbocycles. The van der Waals surface area contributed by atoms with Crippen LogP contribution in [0.1, 0.15) is 38.3 Å². The lowest BCUT2D eigenvalue weighted by Gasteiger charge is -2.20. The fourth-order valence-electron chi connectivity index (χ4n) is 2.28. The number of hydrogen-bond donors (Lipinski definition) is 2. The number of thioether (sulfide) groups is 1. The molecule has 0 bridgehead atoms. The van der Waals surface area contributed by atoms with Gasteiger partial charge in [-0.25, -0.2) is 0 Å². The van der Waals surface area contributed by atoms with Crippen LogP contribution in [-0.2, 0) is 4.79 Å². The first-order valence-corrected chi connectivity index (χ1v) is 10.0. The fraction of sp³-hybridized carbons (Fsp3) is 0.389. The number of hydrogen-bond acceptors (Lipinski definition) is 6. The Labute approximate surface area is 157 Å². The molecule has 25 heavy (non-hydrogen) atoms. The van der Waals surface area contributed by atoms with Crippen LogP contribution in [0.5, 0.6) is 0 Å². The molecule has 0 spiro atoms. The zero-order valence-corrected chi connectivity index (χ0v) is 16.2. The van der Waals surface area contributed by atoms with Crippen LogP contribution in [0.15, 0.2) is 47.3 Å². The van der Waals surface area contributed by atoms with Gasteiger partial charge in [-0.1, -0.05) is 72.9 Å². The van der Waals surface area contributed by atoms with Crippen molar-refractivity contribution in [3.8, 4) is 0 Å². The van der Waals surface area contributed by atoms with E-state index >= 15 is 0 Å². The van der Waals surface area contributed by atoms with Gasteiger partial charge in [0.25, 0.3) is 0 Å². The summed E-state index contributed by atoms with van der Waals surface area (Å²) in [5, 5.41) is 15.0. The van der Waals surface area contributed by atoms with Crippen molar-refractivity contribution in [1.82, 2.24) is 15.5 Å². The van der Waals surface area contributed by atoms with E-state index in [1.807, 2.05) is 25.1 Å². The summed E-state index contributed by atoms with van der Waals surface area (Å²) in [6.07, 6.45) is 3.69. The van der Waals surface area contributed by atoms with Gasteiger partial charge in [-0.15, -0.1) is 16.8 Å². The third-order valence-electron chi connectivity index (χ3n) is 3.55. The van der Waals surface area contributed by atoms with Crippen molar-refractivity contribution >= 4 is 34.1 Å². The van der Waals surface area contributed by atoms with E-state index in [2.05, 4.69) is 46.5 Å². The Morgan fingerprint density at radius 2 is 2.12 bits per heavy atom. The van der Waals surface area contributed by atoms with Gasteiger partial charge in [0.1, 0.15) is 0 Å². The average Bonchev–Trinajstić information content (AvgIpc) is 3.07. The van der Waals surface area contributed by atoms with Gasteiger partial charge in [0.05, 0.1) is 11.3 Å². The first-order chi connectivity index (χ1) is 12.1. The molecule has 0 aliphatic heterocycles. The maximum atomic E-state index is 12.6.